The van der Waals surface area contributed by atoms with Gasteiger partial charge in [-0.25, -0.2) is 0 Å². The summed E-state index contributed by atoms with van der Waals surface area (Å²) in [6.45, 7) is 0.395. The van der Waals surface area contributed by atoms with Gasteiger partial charge in [0.05, 0.1) is 0 Å². The molecule has 0 aliphatic heterocycles. The zero-order valence-corrected chi connectivity index (χ0v) is 10.9. The molecule has 1 amide bonds. The van der Waals surface area contributed by atoms with Crippen molar-refractivity contribution >= 4 is 17.5 Å². The van der Waals surface area contributed by atoms with Gasteiger partial charge in [-0.15, -0.1) is 0 Å². The number of nitrogens with one attached hydrogen (secondary N) is 1. The predicted octanol–water partition coefficient (Wildman–Crippen LogP) is 2.43. The zero-order chi connectivity index (χ0) is 13.5. The molecule has 0 unspecified atom stereocenters. The van der Waals surface area contributed by atoms with Crippen LogP contribution in [0, 0.1) is 0 Å². The van der Waals surface area contributed by atoms with Crippen LogP contribution in [-0.2, 0) is 11.3 Å². The third-order valence-corrected chi connectivity index (χ3v) is 2.61. The molecule has 2 aromatic rings. The average molecular weight is 277 g/mol. The van der Waals surface area contributed by atoms with Crippen LogP contribution in [0.25, 0.3) is 0 Å². The Morgan fingerprint density at radius 1 is 1.32 bits per heavy atom. The van der Waals surface area contributed by atoms with E-state index in [1.54, 1.807) is 36.7 Å². The minimum absolute atomic E-state index is 0.0411. The number of hydrogen-bond donors (Lipinski definition) is 1. The van der Waals surface area contributed by atoms with Crippen LogP contribution in [0.1, 0.15) is 5.56 Å². The molecular weight excluding hydrogens is 264 g/mol. The number of amides is 1. The zero-order valence-electron chi connectivity index (χ0n) is 10.2. The molecule has 4 nitrogen and oxygen atoms in total. The number of rotatable bonds is 5. The van der Waals surface area contributed by atoms with Crippen molar-refractivity contribution in [3.63, 3.8) is 0 Å². The van der Waals surface area contributed by atoms with Crippen LogP contribution in [0.2, 0.25) is 5.02 Å². The van der Waals surface area contributed by atoms with Crippen LogP contribution in [0.5, 0.6) is 5.75 Å². The maximum atomic E-state index is 11.6. The van der Waals surface area contributed by atoms with Gasteiger partial charge >= 0.3 is 0 Å². The first-order valence-corrected chi connectivity index (χ1v) is 6.16. The summed E-state index contributed by atoms with van der Waals surface area (Å²) in [6.07, 6.45) is 3.39. The lowest BCUT2D eigenvalue weighted by Gasteiger charge is -2.07. The maximum absolute atomic E-state index is 11.6. The van der Waals surface area contributed by atoms with Crippen molar-refractivity contribution in [1.82, 2.24) is 10.3 Å². The molecule has 2 rings (SSSR count). The second-order valence-electron chi connectivity index (χ2n) is 3.88. The molecule has 0 fully saturated rings. The van der Waals surface area contributed by atoms with Gasteiger partial charge in [0, 0.05) is 24.0 Å². The Morgan fingerprint density at radius 3 is 2.95 bits per heavy atom. The molecule has 0 saturated heterocycles. The third-order valence-electron chi connectivity index (χ3n) is 2.38. The van der Waals surface area contributed by atoms with E-state index in [1.165, 1.54) is 0 Å². The molecule has 0 spiro atoms. The van der Waals surface area contributed by atoms with Gasteiger partial charge in [-0.1, -0.05) is 23.7 Å². The standard InChI is InChI=1S/C14H13ClN2O2/c15-12-4-1-5-13(7-12)19-10-14(18)17-9-11-3-2-6-16-8-11/h1-8H,9-10H2,(H,17,18). The average Bonchev–Trinajstić information content (AvgIpc) is 2.44. The van der Waals surface area contributed by atoms with E-state index >= 15 is 0 Å². The van der Waals surface area contributed by atoms with Crippen LogP contribution >= 0.6 is 11.6 Å². The van der Waals surface area contributed by atoms with E-state index in [9.17, 15) is 4.79 Å². The lowest BCUT2D eigenvalue weighted by atomic mass is 10.3. The Hall–Kier alpha value is -2.07. The number of halogens is 1. The first kappa shape index (κ1) is 13.4. The molecule has 0 saturated carbocycles. The Bertz CT molecular complexity index is 546. The van der Waals surface area contributed by atoms with Crippen molar-refractivity contribution in [2.45, 2.75) is 6.54 Å². The van der Waals surface area contributed by atoms with E-state index in [0.29, 0.717) is 17.3 Å². The number of pyridine rings is 1. The van der Waals surface area contributed by atoms with Crippen molar-refractivity contribution in [2.24, 2.45) is 0 Å². The van der Waals surface area contributed by atoms with E-state index in [4.69, 9.17) is 16.3 Å². The summed E-state index contributed by atoms with van der Waals surface area (Å²) < 4.78 is 5.32. The van der Waals surface area contributed by atoms with Crippen molar-refractivity contribution in [1.29, 1.82) is 0 Å². The fraction of sp³-hybridized carbons (Fsp3) is 0.143. The van der Waals surface area contributed by atoms with E-state index in [2.05, 4.69) is 10.3 Å². The monoisotopic (exact) mass is 276 g/mol. The van der Waals surface area contributed by atoms with Crippen LogP contribution in [0.3, 0.4) is 0 Å². The minimum Gasteiger partial charge on any atom is -0.484 e. The predicted molar refractivity (Wildman–Crippen MR) is 73.0 cm³/mol. The summed E-state index contributed by atoms with van der Waals surface area (Å²) >= 11 is 5.81. The second-order valence-corrected chi connectivity index (χ2v) is 4.32. The van der Waals surface area contributed by atoms with Crippen LogP contribution < -0.4 is 10.1 Å². The molecule has 5 heteroatoms. The molecule has 0 aliphatic rings. The van der Waals surface area contributed by atoms with Gasteiger partial charge in [-0.05, 0) is 29.8 Å². The first-order valence-electron chi connectivity index (χ1n) is 5.78. The summed E-state index contributed by atoms with van der Waals surface area (Å²) in [4.78, 5) is 15.6. The topological polar surface area (TPSA) is 51.2 Å². The third kappa shape index (κ3) is 4.60. The van der Waals surface area contributed by atoms with Crippen molar-refractivity contribution < 1.29 is 9.53 Å². The minimum atomic E-state index is -0.191. The second kappa shape index (κ2) is 6.75. The number of ether oxygens (including phenoxy) is 1. The van der Waals surface area contributed by atoms with Gasteiger partial charge in [-0.3, -0.25) is 9.78 Å². The first-order chi connectivity index (χ1) is 9.24. The Kier molecular flexibility index (Phi) is 4.75. The number of aromatic nitrogens is 1. The largest absolute Gasteiger partial charge is 0.484 e. The van der Waals surface area contributed by atoms with Gasteiger partial charge in [0.2, 0.25) is 0 Å². The number of carbonyl (C=O) groups excluding carboxylic acids is 1. The summed E-state index contributed by atoms with van der Waals surface area (Å²) in [5, 5.41) is 3.32. The molecule has 1 aromatic carbocycles. The normalized spacial score (nSPS) is 9.95. The van der Waals surface area contributed by atoms with Gasteiger partial charge in [0.15, 0.2) is 6.61 Å². The molecule has 98 valence electrons. The lowest BCUT2D eigenvalue weighted by molar-refractivity contribution is -0.123. The quantitative estimate of drug-likeness (QED) is 0.912. The smallest absolute Gasteiger partial charge is 0.258 e. The number of carbonyl (C=O) groups is 1. The van der Waals surface area contributed by atoms with Crippen molar-refractivity contribution in [3.05, 3.63) is 59.4 Å². The fourth-order valence-electron chi connectivity index (χ4n) is 1.46. The molecule has 1 N–H and O–H groups in total. The number of nitrogens with zero attached hydrogens (tertiary/aromatic N) is 1. The molecule has 0 radical (unpaired) electrons. The van der Waals surface area contributed by atoms with E-state index < -0.39 is 0 Å². The highest BCUT2D eigenvalue weighted by Gasteiger charge is 2.03. The highest BCUT2D eigenvalue weighted by atomic mass is 35.5. The molecule has 0 bridgehead atoms. The number of benzene rings is 1. The van der Waals surface area contributed by atoms with Gasteiger partial charge in [-0.2, -0.15) is 0 Å². The van der Waals surface area contributed by atoms with Gasteiger partial charge in [0.25, 0.3) is 5.91 Å². The van der Waals surface area contributed by atoms with Gasteiger partial charge < -0.3 is 10.1 Å². The van der Waals surface area contributed by atoms with Crippen LogP contribution in [-0.4, -0.2) is 17.5 Å². The van der Waals surface area contributed by atoms with Crippen LogP contribution in [0.15, 0.2) is 48.8 Å². The Labute approximate surface area is 116 Å². The molecule has 1 heterocycles. The Morgan fingerprint density at radius 2 is 2.21 bits per heavy atom. The highest BCUT2D eigenvalue weighted by molar-refractivity contribution is 6.30. The summed E-state index contributed by atoms with van der Waals surface area (Å²) in [5.41, 5.74) is 0.943. The van der Waals surface area contributed by atoms with Gasteiger partial charge in [0.1, 0.15) is 5.75 Å². The van der Waals surface area contributed by atoms with E-state index in [0.717, 1.165) is 5.56 Å². The Balaban J connectivity index is 1.76. The number of hydrogen-bond acceptors (Lipinski definition) is 3. The molecule has 1 aromatic heterocycles. The maximum Gasteiger partial charge on any atom is 0.258 e. The van der Waals surface area contributed by atoms with Crippen molar-refractivity contribution in [2.75, 3.05) is 6.61 Å². The SMILES string of the molecule is O=C(COc1cccc(Cl)c1)NCc1cccnc1. The van der Waals surface area contributed by atoms with Crippen molar-refractivity contribution in [3.8, 4) is 5.75 Å². The summed E-state index contributed by atoms with van der Waals surface area (Å²) in [7, 11) is 0. The summed E-state index contributed by atoms with van der Waals surface area (Å²) in [6, 6.07) is 10.6. The molecule has 19 heavy (non-hydrogen) atoms. The van der Waals surface area contributed by atoms with E-state index in [1.807, 2.05) is 12.1 Å². The van der Waals surface area contributed by atoms with Crippen LogP contribution in [0.4, 0.5) is 0 Å². The fourth-order valence-corrected chi connectivity index (χ4v) is 1.64. The highest BCUT2D eigenvalue weighted by Crippen LogP contribution is 2.16. The molecule has 0 aliphatic carbocycles. The lowest BCUT2D eigenvalue weighted by Crippen LogP contribution is -2.28. The summed E-state index contributed by atoms with van der Waals surface area (Å²) in [5.74, 6) is 0.382. The molecule has 0 atom stereocenters. The van der Waals surface area contributed by atoms with E-state index in [-0.39, 0.29) is 12.5 Å². The molecular formula is C14H13ClN2O2.